The quantitative estimate of drug-likeness (QED) is 0.656. The summed E-state index contributed by atoms with van der Waals surface area (Å²) in [7, 11) is 0. The molecule has 0 saturated carbocycles. The van der Waals surface area contributed by atoms with Gasteiger partial charge < -0.3 is 0 Å². The Hall–Kier alpha value is -0.641. The van der Waals surface area contributed by atoms with Gasteiger partial charge in [-0.25, -0.2) is 0 Å². The van der Waals surface area contributed by atoms with Crippen LogP contribution >= 0.6 is 0 Å². The van der Waals surface area contributed by atoms with Gasteiger partial charge in [-0.3, -0.25) is 0 Å². The van der Waals surface area contributed by atoms with Crippen LogP contribution in [0.25, 0.3) is 0 Å². The van der Waals surface area contributed by atoms with E-state index in [0.717, 1.165) is 12.8 Å². The Balaban J connectivity index is 2.24. The molecule has 0 atom stereocenters. The van der Waals surface area contributed by atoms with Gasteiger partial charge in [-0.2, -0.15) is 0 Å². The fraction of sp³-hybridized carbons (Fsp3) is 0.556. The first-order valence-electron chi connectivity index (χ1n) is 7.78. The van der Waals surface area contributed by atoms with Crippen LogP contribution in [0.4, 0.5) is 0 Å². The minimum absolute atomic E-state index is 0.195. The summed E-state index contributed by atoms with van der Waals surface area (Å²) in [6, 6.07) is 0. The zero-order chi connectivity index (χ0) is 15.7. The van der Waals surface area contributed by atoms with E-state index < -0.39 is 21.7 Å². The number of nitrogens with zero attached hydrogens (tertiary/aromatic N) is 2. The molecular weight excluding hydrogens is 363 g/mol. The molecule has 0 fully saturated rings. The van der Waals surface area contributed by atoms with Crippen LogP contribution in [0.3, 0.4) is 0 Å². The van der Waals surface area contributed by atoms with Gasteiger partial charge in [0.15, 0.2) is 0 Å². The SMILES string of the molecule is CC(C)(C)[N]([Sn][N](C1=CC=CC1)C(C)(C)C)C1=CC=CC1. The van der Waals surface area contributed by atoms with Crippen molar-refractivity contribution < 1.29 is 0 Å². The molecule has 2 rings (SSSR count). The molecule has 0 aromatic rings. The normalized spacial score (nSPS) is 18.0. The van der Waals surface area contributed by atoms with E-state index in [1.54, 1.807) is 0 Å². The van der Waals surface area contributed by atoms with E-state index in [0.29, 0.717) is 0 Å². The van der Waals surface area contributed by atoms with Crippen LogP contribution in [-0.2, 0) is 0 Å². The first-order chi connectivity index (χ1) is 9.69. The second kappa shape index (κ2) is 6.23. The molecule has 0 spiro atoms. The van der Waals surface area contributed by atoms with E-state index >= 15 is 0 Å². The van der Waals surface area contributed by atoms with Gasteiger partial charge in [0.2, 0.25) is 0 Å². The molecule has 2 radical (unpaired) electrons. The first kappa shape index (κ1) is 16.7. The van der Waals surface area contributed by atoms with Crippen molar-refractivity contribution in [3.63, 3.8) is 0 Å². The Bertz CT molecular complexity index is 452. The standard InChI is InChI=1S/2C9H14N.Sn/c2*1-9(2,3)10-8-6-4-5-7-8;/h2*4-6H,7H2,1-3H3;/q2*-1;+2. The van der Waals surface area contributed by atoms with Crippen molar-refractivity contribution in [2.45, 2.75) is 65.5 Å². The Morgan fingerprint density at radius 2 is 1.14 bits per heavy atom. The number of hydrogen-bond donors (Lipinski definition) is 0. The molecule has 0 amide bonds. The van der Waals surface area contributed by atoms with E-state index in [1.165, 1.54) is 11.4 Å². The van der Waals surface area contributed by atoms with Crippen LogP contribution in [0.15, 0.2) is 47.9 Å². The van der Waals surface area contributed by atoms with Crippen LogP contribution in [-0.4, -0.2) is 39.0 Å². The Morgan fingerprint density at radius 1 is 0.762 bits per heavy atom. The third-order valence-electron chi connectivity index (χ3n) is 3.62. The fourth-order valence-electron chi connectivity index (χ4n) is 2.59. The summed E-state index contributed by atoms with van der Waals surface area (Å²) in [5, 5.41) is 0. The Kier molecular flexibility index (Phi) is 4.96. The predicted molar refractivity (Wildman–Crippen MR) is 92.6 cm³/mol. The molecule has 0 aromatic heterocycles. The molecule has 0 saturated heterocycles. The van der Waals surface area contributed by atoms with Crippen LogP contribution in [0.5, 0.6) is 0 Å². The van der Waals surface area contributed by atoms with E-state index in [4.69, 9.17) is 0 Å². The predicted octanol–water partition coefficient (Wildman–Crippen LogP) is 4.41. The molecule has 0 aliphatic heterocycles. The summed E-state index contributed by atoms with van der Waals surface area (Å²) in [6.45, 7) is 14.1. The van der Waals surface area contributed by atoms with Gasteiger partial charge in [-0.15, -0.1) is 0 Å². The van der Waals surface area contributed by atoms with Gasteiger partial charge in [0.25, 0.3) is 0 Å². The molecule has 0 bridgehead atoms. The third kappa shape index (κ3) is 4.18. The zero-order valence-corrected chi connectivity index (χ0v) is 17.1. The van der Waals surface area contributed by atoms with Crippen molar-refractivity contribution in [2.24, 2.45) is 0 Å². The maximum atomic E-state index is 2.71. The maximum absolute atomic E-state index is 2.71. The average Bonchev–Trinajstić information content (AvgIpc) is 2.96. The summed E-state index contributed by atoms with van der Waals surface area (Å²) < 4.78 is 5.42. The van der Waals surface area contributed by atoms with Crippen LogP contribution in [0, 0.1) is 0 Å². The molecule has 0 N–H and O–H groups in total. The molecule has 3 heteroatoms. The van der Waals surface area contributed by atoms with Crippen molar-refractivity contribution in [3.8, 4) is 0 Å². The fourth-order valence-corrected chi connectivity index (χ4v) is 6.56. The van der Waals surface area contributed by atoms with Crippen LogP contribution < -0.4 is 0 Å². The monoisotopic (exact) mass is 392 g/mol. The average molecular weight is 391 g/mol. The molecule has 2 aliphatic rings. The van der Waals surface area contributed by atoms with Crippen molar-refractivity contribution in [1.29, 1.82) is 0 Å². The number of allylic oxidation sites excluding steroid dienone is 6. The van der Waals surface area contributed by atoms with Gasteiger partial charge in [-0.1, -0.05) is 0 Å². The second-order valence-corrected chi connectivity index (χ2v) is 10.8. The van der Waals surface area contributed by atoms with Gasteiger partial charge in [0.05, 0.1) is 0 Å². The first-order valence-corrected chi connectivity index (χ1v) is 10.3. The van der Waals surface area contributed by atoms with E-state index in [9.17, 15) is 0 Å². The van der Waals surface area contributed by atoms with Crippen molar-refractivity contribution >= 4 is 21.7 Å². The molecule has 2 aliphatic carbocycles. The van der Waals surface area contributed by atoms with Gasteiger partial charge in [-0.05, 0) is 0 Å². The zero-order valence-electron chi connectivity index (χ0n) is 14.3. The summed E-state index contributed by atoms with van der Waals surface area (Å²) in [5.74, 6) is 0. The molecule has 114 valence electrons. The van der Waals surface area contributed by atoms with Gasteiger partial charge in [0, 0.05) is 0 Å². The topological polar surface area (TPSA) is 6.48 Å². The summed E-state index contributed by atoms with van der Waals surface area (Å²) in [5.41, 5.74) is 3.38. The van der Waals surface area contributed by atoms with E-state index in [1.807, 2.05) is 0 Å². The van der Waals surface area contributed by atoms with Gasteiger partial charge >= 0.3 is 141 Å². The van der Waals surface area contributed by atoms with Crippen molar-refractivity contribution in [2.75, 3.05) is 0 Å². The molecule has 0 unspecified atom stereocenters. The van der Waals surface area contributed by atoms with Crippen molar-refractivity contribution in [3.05, 3.63) is 47.9 Å². The summed E-state index contributed by atoms with van der Waals surface area (Å²) >= 11 is -0.918. The minimum atomic E-state index is -0.918. The van der Waals surface area contributed by atoms with Crippen molar-refractivity contribution in [1.82, 2.24) is 6.24 Å². The van der Waals surface area contributed by atoms with Crippen LogP contribution in [0.2, 0.25) is 0 Å². The molecule has 0 heterocycles. The molecule has 0 aromatic carbocycles. The summed E-state index contributed by atoms with van der Waals surface area (Å²) in [4.78, 5) is 0. The van der Waals surface area contributed by atoms with Crippen LogP contribution in [0.1, 0.15) is 54.4 Å². The molecular formula is C18H28N2Sn. The van der Waals surface area contributed by atoms with E-state index in [-0.39, 0.29) is 11.1 Å². The van der Waals surface area contributed by atoms with Gasteiger partial charge in [0.1, 0.15) is 0 Å². The third-order valence-corrected chi connectivity index (χ3v) is 10.2. The van der Waals surface area contributed by atoms with E-state index in [2.05, 4.69) is 84.2 Å². The molecule has 21 heavy (non-hydrogen) atoms. The summed E-state index contributed by atoms with van der Waals surface area (Å²) in [6.07, 6.45) is 15.7. The second-order valence-electron chi connectivity index (χ2n) is 7.69. The Labute approximate surface area is 141 Å². The number of rotatable bonds is 4. The number of hydrogen-bond acceptors (Lipinski definition) is 2. The Morgan fingerprint density at radius 3 is 1.38 bits per heavy atom. The molecule has 2 nitrogen and oxygen atoms in total.